The van der Waals surface area contributed by atoms with Crippen molar-refractivity contribution in [1.29, 1.82) is 0 Å². The molecule has 0 bridgehead atoms. The van der Waals surface area contributed by atoms with E-state index >= 15 is 0 Å². The summed E-state index contributed by atoms with van der Waals surface area (Å²) in [7, 11) is 0. The summed E-state index contributed by atoms with van der Waals surface area (Å²) in [6.45, 7) is 2.45. The number of H-pyrrole nitrogens is 1. The van der Waals surface area contributed by atoms with E-state index in [1.807, 2.05) is 31.5 Å². The van der Waals surface area contributed by atoms with Crippen molar-refractivity contribution in [3.05, 3.63) is 43.1 Å². The molecule has 6 nitrogen and oxygen atoms in total. The van der Waals surface area contributed by atoms with Crippen molar-refractivity contribution in [3.8, 4) is 17.1 Å². The summed E-state index contributed by atoms with van der Waals surface area (Å²) in [4.78, 5) is 20.1. The summed E-state index contributed by atoms with van der Waals surface area (Å²) < 4.78 is 5.33. The smallest absolute Gasteiger partial charge is 0.318 e. The van der Waals surface area contributed by atoms with Gasteiger partial charge in [0.05, 0.1) is 12.1 Å². The molecule has 3 heterocycles. The fourth-order valence-electron chi connectivity index (χ4n) is 2.48. The van der Waals surface area contributed by atoms with E-state index in [0.717, 1.165) is 33.1 Å². The van der Waals surface area contributed by atoms with E-state index in [2.05, 4.69) is 31.0 Å². The van der Waals surface area contributed by atoms with Gasteiger partial charge >= 0.3 is 6.01 Å². The molecule has 108 valence electrons. The SMILES string of the molecule is CCOc1ncc2c(-c3ccc4ncncc4c3)c[nH]c2n1. The van der Waals surface area contributed by atoms with E-state index in [1.165, 1.54) is 0 Å². The van der Waals surface area contributed by atoms with Crippen LogP contribution in [0.5, 0.6) is 6.01 Å². The molecule has 0 aliphatic heterocycles. The van der Waals surface area contributed by atoms with Crippen LogP contribution in [-0.4, -0.2) is 31.5 Å². The zero-order valence-electron chi connectivity index (χ0n) is 11.9. The third kappa shape index (κ3) is 2.05. The van der Waals surface area contributed by atoms with E-state index in [-0.39, 0.29) is 0 Å². The molecule has 0 saturated carbocycles. The second-order valence-corrected chi connectivity index (χ2v) is 4.85. The van der Waals surface area contributed by atoms with Crippen LogP contribution in [0.1, 0.15) is 6.92 Å². The molecule has 1 aromatic carbocycles. The fraction of sp³-hybridized carbons (Fsp3) is 0.125. The summed E-state index contributed by atoms with van der Waals surface area (Å²) in [6.07, 6.45) is 7.08. The van der Waals surface area contributed by atoms with Crippen LogP contribution < -0.4 is 4.74 Å². The Morgan fingerprint density at radius 3 is 3.05 bits per heavy atom. The normalized spacial score (nSPS) is 11.1. The molecule has 3 aromatic heterocycles. The van der Waals surface area contributed by atoms with Gasteiger partial charge in [-0.15, -0.1) is 0 Å². The Kier molecular flexibility index (Phi) is 2.93. The average Bonchev–Trinajstić information content (AvgIpc) is 2.98. The number of aromatic nitrogens is 5. The van der Waals surface area contributed by atoms with Crippen LogP contribution in [0.2, 0.25) is 0 Å². The first kappa shape index (κ1) is 12.7. The maximum Gasteiger partial charge on any atom is 0.318 e. The molecule has 6 heteroatoms. The quantitative estimate of drug-likeness (QED) is 0.628. The number of benzene rings is 1. The maximum atomic E-state index is 5.33. The van der Waals surface area contributed by atoms with Gasteiger partial charge in [-0.1, -0.05) is 6.07 Å². The monoisotopic (exact) mass is 291 g/mol. The van der Waals surface area contributed by atoms with Crippen molar-refractivity contribution in [1.82, 2.24) is 24.9 Å². The van der Waals surface area contributed by atoms with Crippen LogP contribution in [-0.2, 0) is 0 Å². The average molecular weight is 291 g/mol. The van der Waals surface area contributed by atoms with Crippen LogP contribution in [0, 0.1) is 0 Å². The Morgan fingerprint density at radius 2 is 2.14 bits per heavy atom. The number of rotatable bonds is 3. The molecule has 0 spiro atoms. The first-order valence-electron chi connectivity index (χ1n) is 7.02. The lowest BCUT2D eigenvalue weighted by atomic mass is 10.0. The first-order valence-corrected chi connectivity index (χ1v) is 7.02. The Labute approximate surface area is 126 Å². The minimum Gasteiger partial charge on any atom is -0.464 e. The van der Waals surface area contributed by atoms with Gasteiger partial charge < -0.3 is 9.72 Å². The Hall–Kier alpha value is -3.02. The highest BCUT2D eigenvalue weighted by atomic mass is 16.5. The summed E-state index contributed by atoms with van der Waals surface area (Å²) in [6, 6.07) is 6.47. The van der Waals surface area contributed by atoms with Gasteiger partial charge in [0.2, 0.25) is 0 Å². The van der Waals surface area contributed by atoms with Crippen LogP contribution in [0.25, 0.3) is 33.1 Å². The molecule has 0 saturated heterocycles. The summed E-state index contributed by atoms with van der Waals surface area (Å²) >= 11 is 0. The molecule has 0 aliphatic rings. The second kappa shape index (κ2) is 5.07. The lowest BCUT2D eigenvalue weighted by molar-refractivity contribution is 0.314. The zero-order valence-corrected chi connectivity index (χ0v) is 11.9. The van der Waals surface area contributed by atoms with E-state index in [0.29, 0.717) is 12.6 Å². The first-order chi connectivity index (χ1) is 10.8. The van der Waals surface area contributed by atoms with Gasteiger partial charge in [-0.25, -0.2) is 15.0 Å². The third-order valence-electron chi connectivity index (χ3n) is 3.50. The molecule has 4 aromatic rings. The predicted molar refractivity (Wildman–Crippen MR) is 83.6 cm³/mol. The molecule has 22 heavy (non-hydrogen) atoms. The van der Waals surface area contributed by atoms with E-state index in [1.54, 1.807) is 12.5 Å². The van der Waals surface area contributed by atoms with Crippen molar-refractivity contribution in [2.75, 3.05) is 6.61 Å². The lowest BCUT2D eigenvalue weighted by Crippen LogP contribution is -1.96. The molecule has 0 aliphatic carbocycles. The molecule has 0 atom stereocenters. The number of aromatic amines is 1. The number of ether oxygens (including phenoxy) is 1. The van der Waals surface area contributed by atoms with Gasteiger partial charge in [0, 0.05) is 34.9 Å². The molecule has 0 amide bonds. The van der Waals surface area contributed by atoms with Crippen LogP contribution >= 0.6 is 0 Å². The van der Waals surface area contributed by atoms with Crippen molar-refractivity contribution < 1.29 is 4.74 Å². The van der Waals surface area contributed by atoms with Gasteiger partial charge in [0.1, 0.15) is 12.0 Å². The fourth-order valence-corrected chi connectivity index (χ4v) is 2.48. The number of hydrogen-bond acceptors (Lipinski definition) is 5. The maximum absolute atomic E-state index is 5.33. The molecule has 1 N–H and O–H groups in total. The summed E-state index contributed by atoms with van der Waals surface area (Å²) in [5, 5.41) is 1.96. The van der Waals surface area contributed by atoms with Gasteiger partial charge in [0.15, 0.2) is 0 Å². The highest BCUT2D eigenvalue weighted by Gasteiger charge is 2.10. The standard InChI is InChI=1S/C16H13N5O/c1-2-22-16-19-8-13-12(7-18-15(13)21-16)10-3-4-14-11(5-10)6-17-9-20-14/h3-9H,2H2,1H3,(H,18,19,21). The number of nitrogens with one attached hydrogen (secondary N) is 1. The molecule has 4 rings (SSSR count). The van der Waals surface area contributed by atoms with Gasteiger partial charge in [0.25, 0.3) is 0 Å². The van der Waals surface area contributed by atoms with E-state index in [9.17, 15) is 0 Å². The van der Waals surface area contributed by atoms with Crippen LogP contribution in [0.4, 0.5) is 0 Å². The molecule has 0 unspecified atom stereocenters. The van der Waals surface area contributed by atoms with Crippen molar-refractivity contribution >= 4 is 21.9 Å². The summed E-state index contributed by atoms with van der Waals surface area (Å²) in [5.74, 6) is 0. The topological polar surface area (TPSA) is 76.6 Å². The third-order valence-corrected chi connectivity index (χ3v) is 3.50. The minimum absolute atomic E-state index is 0.385. The molecule has 0 fully saturated rings. The van der Waals surface area contributed by atoms with Gasteiger partial charge in [-0.2, -0.15) is 4.98 Å². The minimum atomic E-state index is 0.385. The molecular formula is C16H13N5O. The lowest BCUT2D eigenvalue weighted by Gasteiger charge is -2.03. The van der Waals surface area contributed by atoms with Gasteiger partial charge in [-0.05, 0) is 24.6 Å². The van der Waals surface area contributed by atoms with Crippen molar-refractivity contribution in [3.63, 3.8) is 0 Å². The molecule has 0 radical (unpaired) electrons. The van der Waals surface area contributed by atoms with E-state index < -0.39 is 0 Å². The van der Waals surface area contributed by atoms with Crippen LogP contribution in [0.15, 0.2) is 43.1 Å². The highest BCUT2D eigenvalue weighted by Crippen LogP contribution is 2.29. The zero-order chi connectivity index (χ0) is 14.9. The van der Waals surface area contributed by atoms with E-state index in [4.69, 9.17) is 4.74 Å². The Morgan fingerprint density at radius 1 is 1.18 bits per heavy atom. The Balaban J connectivity index is 1.85. The molecular weight excluding hydrogens is 278 g/mol. The second-order valence-electron chi connectivity index (χ2n) is 4.85. The summed E-state index contributed by atoms with van der Waals surface area (Å²) in [5.41, 5.74) is 3.80. The van der Waals surface area contributed by atoms with Crippen molar-refractivity contribution in [2.45, 2.75) is 6.92 Å². The Bertz CT molecular complexity index is 963. The van der Waals surface area contributed by atoms with Gasteiger partial charge in [-0.3, -0.25) is 0 Å². The largest absolute Gasteiger partial charge is 0.464 e. The number of hydrogen-bond donors (Lipinski definition) is 1. The van der Waals surface area contributed by atoms with Crippen molar-refractivity contribution in [2.24, 2.45) is 0 Å². The number of fused-ring (bicyclic) bond motifs is 2. The predicted octanol–water partition coefficient (Wildman–Crippen LogP) is 2.97. The van der Waals surface area contributed by atoms with Crippen LogP contribution in [0.3, 0.4) is 0 Å². The number of nitrogens with zero attached hydrogens (tertiary/aromatic N) is 4. The highest BCUT2D eigenvalue weighted by molar-refractivity contribution is 5.95.